The average Bonchev–Trinajstić information content (AvgIpc) is 2.31. The van der Waals surface area contributed by atoms with Crippen molar-refractivity contribution in [3.8, 4) is 0 Å². The predicted octanol–water partition coefficient (Wildman–Crippen LogP) is 1.65. The van der Waals surface area contributed by atoms with Crippen LogP contribution in [-0.2, 0) is 9.63 Å². The van der Waals surface area contributed by atoms with Crippen molar-refractivity contribution in [2.75, 3.05) is 6.61 Å². The quantitative estimate of drug-likeness (QED) is 0.630. The largest absolute Gasteiger partial charge is 0.479 e. The number of nitro groups is 1. The van der Waals surface area contributed by atoms with Gasteiger partial charge in [0.05, 0.1) is 20.5 Å². The number of rotatable bonds is 5. The Labute approximate surface area is 116 Å². The fourth-order valence-corrected chi connectivity index (χ4v) is 1.47. The number of carboxylic acids is 1. The first-order valence-corrected chi connectivity index (χ1v) is 5.36. The lowest BCUT2D eigenvalue weighted by molar-refractivity contribution is -0.384. The van der Waals surface area contributed by atoms with Gasteiger partial charge in [-0.05, 0) is 0 Å². The standard InChI is InChI=1S/C9H6Cl2N2O6/c10-6-2-4(13(17)18)1-5(8(6)11)9(16)12-19-3-7(14)15/h1-2H,3H2,(H,12,16)(H,14,15). The van der Waals surface area contributed by atoms with Crippen LogP contribution in [0.5, 0.6) is 0 Å². The molecule has 0 unspecified atom stereocenters. The average molecular weight is 309 g/mol. The number of nitrogens with zero attached hydrogens (tertiary/aromatic N) is 1. The van der Waals surface area contributed by atoms with Crippen molar-refractivity contribution in [2.45, 2.75) is 0 Å². The van der Waals surface area contributed by atoms with Crippen molar-refractivity contribution in [3.05, 3.63) is 37.9 Å². The molecule has 0 aliphatic heterocycles. The van der Waals surface area contributed by atoms with E-state index in [-0.39, 0.29) is 15.6 Å². The predicted molar refractivity (Wildman–Crippen MR) is 64.2 cm³/mol. The molecule has 0 radical (unpaired) electrons. The summed E-state index contributed by atoms with van der Waals surface area (Å²) in [6, 6.07) is 1.88. The molecule has 0 saturated carbocycles. The van der Waals surface area contributed by atoms with Gasteiger partial charge in [0.2, 0.25) is 0 Å². The van der Waals surface area contributed by atoms with Gasteiger partial charge in [-0.3, -0.25) is 19.7 Å². The molecule has 0 aromatic heterocycles. The molecule has 102 valence electrons. The first-order valence-electron chi connectivity index (χ1n) is 4.60. The summed E-state index contributed by atoms with van der Waals surface area (Å²) in [5, 5.41) is 18.5. The van der Waals surface area contributed by atoms with E-state index < -0.39 is 29.1 Å². The topological polar surface area (TPSA) is 119 Å². The normalized spacial score (nSPS) is 10.0. The highest BCUT2D eigenvalue weighted by Crippen LogP contribution is 2.30. The summed E-state index contributed by atoms with van der Waals surface area (Å²) in [5.41, 5.74) is 1.05. The first-order chi connectivity index (χ1) is 8.82. The van der Waals surface area contributed by atoms with Crippen molar-refractivity contribution in [1.82, 2.24) is 5.48 Å². The number of hydroxylamine groups is 1. The molecule has 1 aromatic carbocycles. The number of amides is 1. The lowest BCUT2D eigenvalue weighted by Crippen LogP contribution is -2.27. The Kier molecular flexibility index (Phi) is 5.04. The second-order valence-electron chi connectivity index (χ2n) is 3.16. The molecule has 10 heteroatoms. The van der Waals surface area contributed by atoms with E-state index in [1.807, 2.05) is 0 Å². The number of carboxylic acid groups (broad SMARTS) is 1. The Morgan fingerprint density at radius 3 is 2.58 bits per heavy atom. The highest BCUT2D eigenvalue weighted by atomic mass is 35.5. The van der Waals surface area contributed by atoms with Crippen LogP contribution in [0.1, 0.15) is 10.4 Å². The van der Waals surface area contributed by atoms with E-state index in [9.17, 15) is 19.7 Å². The SMILES string of the molecule is O=C(O)CONC(=O)c1cc([N+](=O)[O-])cc(Cl)c1Cl. The number of halogens is 2. The van der Waals surface area contributed by atoms with E-state index in [1.54, 1.807) is 5.48 Å². The van der Waals surface area contributed by atoms with Crippen molar-refractivity contribution in [2.24, 2.45) is 0 Å². The zero-order chi connectivity index (χ0) is 14.6. The van der Waals surface area contributed by atoms with Crippen molar-refractivity contribution in [3.63, 3.8) is 0 Å². The summed E-state index contributed by atoms with van der Waals surface area (Å²) in [6.07, 6.45) is 0. The van der Waals surface area contributed by atoms with E-state index in [1.165, 1.54) is 0 Å². The van der Waals surface area contributed by atoms with Gasteiger partial charge in [0.25, 0.3) is 11.6 Å². The minimum Gasteiger partial charge on any atom is -0.479 e. The van der Waals surface area contributed by atoms with E-state index >= 15 is 0 Å². The number of nitrogens with one attached hydrogen (secondary N) is 1. The van der Waals surface area contributed by atoms with Crippen LogP contribution in [0.15, 0.2) is 12.1 Å². The Morgan fingerprint density at radius 1 is 1.42 bits per heavy atom. The molecule has 0 heterocycles. The Balaban J connectivity index is 2.95. The molecular weight excluding hydrogens is 303 g/mol. The van der Waals surface area contributed by atoms with Crippen LogP contribution in [0.25, 0.3) is 0 Å². The first kappa shape index (κ1) is 15.2. The summed E-state index contributed by atoms with van der Waals surface area (Å²) in [4.78, 5) is 35.9. The van der Waals surface area contributed by atoms with Crippen LogP contribution in [0.3, 0.4) is 0 Å². The van der Waals surface area contributed by atoms with Gasteiger partial charge in [0.1, 0.15) is 0 Å². The summed E-state index contributed by atoms with van der Waals surface area (Å²) < 4.78 is 0. The molecule has 8 nitrogen and oxygen atoms in total. The molecule has 0 saturated heterocycles. The molecule has 19 heavy (non-hydrogen) atoms. The van der Waals surface area contributed by atoms with Gasteiger partial charge in [0.15, 0.2) is 6.61 Å². The molecule has 0 aliphatic carbocycles. The number of non-ortho nitro benzene ring substituents is 1. The van der Waals surface area contributed by atoms with Crippen LogP contribution in [0.2, 0.25) is 10.0 Å². The Morgan fingerprint density at radius 2 is 2.05 bits per heavy atom. The fourth-order valence-electron chi connectivity index (χ4n) is 1.06. The van der Waals surface area contributed by atoms with Crippen molar-refractivity contribution >= 4 is 40.8 Å². The maximum Gasteiger partial charge on any atom is 0.332 e. The molecule has 0 aliphatic rings. The number of carbonyl (C=O) groups is 2. The van der Waals surface area contributed by atoms with Gasteiger partial charge in [-0.2, -0.15) is 0 Å². The van der Waals surface area contributed by atoms with Crippen LogP contribution in [0.4, 0.5) is 5.69 Å². The number of hydrogen-bond acceptors (Lipinski definition) is 5. The maximum atomic E-state index is 11.6. The van der Waals surface area contributed by atoms with Gasteiger partial charge >= 0.3 is 5.97 Å². The molecule has 2 N–H and O–H groups in total. The fraction of sp³-hybridized carbons (Fsp3) is 0.111. The number of hydrogen-bond donors (Lipinski definition) is 2. The highest BCUT2D eigenvalue weighted by Gasteiger charge is 2.19. The summed E-state index contributed by atoms with van der Waals surface area (Å²) in [5.74, 6) is -2.25. The Bertz CT molecular complexity index is 548. The molecule has 0 spiro atoms. The van der Waals surface area contributed by atoms with E-state index in [0.29, 0.717) is 0 Å². The van der Waals surface area contributed by atoms with Gasteiger partial charge in [-0.1, -0.05) is 23.2 Å². The smallest absolute Gasteiger partial charge is 0.332 e. The number of nitro benzene ring substituents is 1. The Hall–Kier alpha value is -1.90. The van der Waals surface area contributed by atoms with Crippen LogP contribution in [-0.4, -0.2) is 28.5 Å². The molecule has 1 amide bonds. The second kappa shape index (κ2) is 6.32. The lowest BCUT2D eigenvalue weighted by Gasteiger charge is -2.06. The summed E-state index contributed by atoms with van der Waals surface area (Å²) >= 11 is 11.4. The molecule has 0 bridgehead atoms. The molecule has 1 rings (SSSR count). The van der Waals surface area contributed by atoms with E-state index in [4.69, 9.17) is 28.3 Å². The molecule has 0 fully saturated rings. The van der Waals surface area contributed by atoms with Crippen LogP contribution in [0, 0.1) is 10.1 Å². The zero-order valence-corrected chi connectivity index (χ0v) is 10.6. The number of aliphatic carboxylic acids is 1. The van der Waals surface area contributed by atoms with Crippen molar-refractivity contribution in [1.29, 1.82) is 0 Å². The summed E-state index contributed by atoms with van der Waals surface area (Å²) in [7, 11) is 0. The van der Waals surface area contributed by atoms with E-state index in [0.717, 1.165) is 12.1 Å². The minimum atomic E-state index is -1.30. The molecular formula is C9H6Cl2N2O6. The monoisotopic (exact) mass is 308 g/mol. The van der Waals surface area contributed by atoms with Crippen LogP contribution >= 0.6 is 23.2 Å². The van der Waals surface area contributed by atoms with Crippen molar-refractivity contribution < 1.29 is 24.5 Å². The molecule has 0 atom stereocenters. The third-order valence-electron chi connectivity index (χ3n) is 1.83. The second-order valence-corrected chi connectivity index (χ2v) is 3.95. The number of benzene rings is 1. The minimum absolute atomic E-state index is 0.181. The van der Waals surface area contributed by atoms with Gasteiger partial charge in [-0.15, -0.1) is 0 Å². The number of carbonyl (C=O) groups excluding carboxylic acids is 1. The molecule has 1 aromatic rings. The van der Waals surface area contributed by atoms with E-state index in [2.05, 4.69) is 4.84 Å². The van der Waals surface area contributed by atoms with Crippen LogP contribution < -0.4 is 5.48 Å². The summed E-state index contributed by atoms with van der Waals surface area (Å²) in [6.45, 7) is -0.772. The van der Waals surface area contributed by atoms with Gasteiger partial charge in [0, 0.05) is 12.1 Å². The third-order valence-corrected chi connectivity index (χ3v) is 2.63. The zero-order valence-electron chi connectivity index (χ0n) is 9.05. The third kappa shape index (κ3) is 4.05. The highest BCUT2D eigenvalue weighted by molar-refractivity contribution is 6.44. The maximum absolute atomic E-state index is 11.6. The van der Waals surface area contributed by atoms with Gasteiger partial charge in [-0.25, -0.2) is 10.3 Å². The van der Waals surface area contributed by atoms with Gasteiger partial charge < -0.3 is 5.11 Å². The lowest BCUT2D eigenvalue weighted by atomic mass is 10.2.